The summed E-state index contributed by atoms with van der Waals surface area (Å²) in [6.07, 6.45) is 2.94. The van der Waals surface area contributed by atoms with E-state index in [4.69, 9.17) is 0 Å². The average molecular weight is 384 g/mol. The molecule has 0 saturated heterocycles. The van der Waals surface area contributed by atoms with E-state index in [-0.39, 0.29) is 17.3 Å². The van der Waals surface area contributed by atoms with Crippen molar-refractivity contribution in [2.75, 3.05) is 5.32 Å². The standard InChI is InChI=1S/C19H12N8O2/c28-27(29)17-18(23-14-8-3-7-13-12(14)5-4-10-20-13)21-11-22-19(17)26-16-9-2-1-6-15(16)24-25-26/h1-11H,(H,21,22,23). The van der Waals surface area contributed by atoms with E-state index in [0.29, 0.717) is 16.7 Å². The molecular weight excluding hydrogens is 372 g/mol. The van der Waals surface area contributed by atoms with Gasteiger partial charge in [-0.25, -0.2) is 9.97 Å². The molecule has 1 N–H and O–H groups in total. The monoisotopic (exact) mass is 384 g/mol. The van der Waals surface area contributed by atoms with E-state index in [1.807, 2.05) is 24.3 Å². The van der Waals surface area contributed by atoms with Crippen molar-refractivity contribution in [2.24, 2.45) is 0 Å². The van der Waals surface area contributed by atoms with Gasteiger partial charge in [0.15, 0.2) is 0 Å². The lowest BCUT2D eigenvalue weighted by Gasteiger charge is -2.10. The third kappa shape index (κ3) is 2.79. The summed E-state index contributed by atoms with van der Waals surface area (Å²) in [5.41, 5.74) is 2.32. The fourth-order valence-corrected chi connectivity index (χ4v) is 3.15. The first-order valence-electron chi connectivity index (χ1n) is 8.63. The molecule has 10 heteroatoms. The topological polar surface area (TPSA) is 125 Å². The van der Waals surface area contributed by atoms with Gasteiger partial charge < -0.3 is 5.32 Å². The molecule has 10 nitrogen and oxygen atoms in total. The van der Waals surface area contributed by atoms with Crippen LogP contribution in [0.5, 0.6) is 0 Å². The van der Waals surface area contributed by atoms with Crippen LogP contribution < -0.4 is 5.32 Å². The first kappa shape index (κ1) is 16.7. The van der Waals surface area contributed by atoms with Crippen molar-refractivity contribution in [3.8, 4) is 5.82 Å². The van der Waals surface area contributed by atoms with Gasteiger partial charge in [0.25, 0.3) is 0 Å². The van der Waals surface area contributed by atoms with Gasteiger partial charge in [0.05, 0.1) is 16.0 Å². The number of hydrogen-bond donors (Lipinski definition) is 1. The third-order valence-corrected chi connectivity index (χ3v) is 4.44. The van der Waals surface area contributed by atoms with Crippen LogP contribution in [-0.2, 0) is 0 Å². The Kier molecular flexibility index (Phi) is 3.80. The zero-order valence-corrected chi connectivity index (χ0v) is 14.8. The summed E-state index contributed by atoms with van der Waals surface area (Å²) in [6, 6.07) is 16.3. The molecule has 5 aromatic rings. The number of hydrogen-bond acceptors (Lipinski definition) is 8. The number of pyridine rings is 1. The number of nitrogens with one attached hydrogen (secondary N) is 1. The maximum Gasteiger partial charge on any atom is 0.356 e. The van der Waals surface area contributed by atoms with Gasteiger partial charge in [-0.05, 0) is 36.4 Å². The second-order valence-electron chi connectivity index (χ2n) is 6.14. The number of rotatable bonds is 4. The number of nitro groups is 1. The molecule has 0 bridgehead atoms. The van der Waals surface area contributed by atoms with Gasteiger partial charge in [0, 0.05) is 17.3 Å². The van der Waals surface area contributed by atoms with E-state index in [1.54, 1.807) is 36.5 Å². The molecule has 0 aliphatic carbocycles. The Balaban J connectivity index is 1.68. The predicted octanol–water partition coefficient (Wildman–Crippen LogP) is 3.41. The van der Waals surface area contributed by atoms with Gasteiger partial charge in [-0.3, -0.25) is 15.1 Å². The van der Waals surface area contributed by atoms with Crippen molar-refractivity contribution in [3.63, 3.8) is 0 Å². The molecule has 0 fully saturated rings. The Hall–Kier alpha value is -4.47. The van der Waals surface area contributed by atoms with Gasteiger partial charge >= 0.3 is 5.69 Å². The SMILES string of the molecule is O=[N+]([O-])c1c(Nc2cccc3ncccc23)ncnc1-n1nnc2ccccc21. The molecule has 0 atom stereocenters. The largest absolute Gasteiger partial charge is 0.356 e. The fourth-order valence-electron chi connectivity index (χ4n) is 3.15. The lowest BCUT2D eigenvalue weighted by Crippen LogP contribution is -2.09. The number of anilines is 2. The molecule has 140 valence electrons. The van der Waals surface area contributed by atoms with Crippen LogP contribution in [0.3, 0.4) is 0 Å². The minimum atomic E-state index is -0.530. The molecule has 5 rings (SSSR count). The Labute approximate surface area is 163 Å². The van der Waals surface area contributed by atoms with Crippen LogP contribution in [0.15, 0.2) is 67.1 Å². The van der Waals surface area contributed by atoms with E-state index in [0.717, 1.165) is 10.9 Å². The normalized spacial score (nSPS) is 11.0. The minimum absolute atomic E-state index is 0.0274. The molecule has 0 amide bonds. The van der Waals surface area contributed by atoms with Crippen LogP contribution in [0, 0.1) is 10.1 Å². The van der Waals surface area contributed by atoms with Crippen molar-refractivity contribution in [1.82, 2.24) is 29.9 Å². The van der Waals surface area contributed by atoms with Crippen molar-refractivity contribution in [1.29, 1.82) is 0 Å². The zero-order chi connectivity index (χ0) is 19.8. The first-order chi connectivity index (χ1) is 14.2. The van der Waals surface area contributed by atoms with E-state index in [9.17, 15) is 10.1 Å². The second-order valence-corrected chi connectivity index (χ2v) is 6.14. The molecule has 0 spiro atoms. The van der Waals surface area contributed by atoms with Gasteiger partial charge in [-0.15, -0.1) is 5.10 Å². The minimum Gasteiger partial charge on any atom is -0.334 e. The predicted molar refractivity (Wildman–Crippen MR) is 106 cm³/mol. The fraction of sp³-hybridized carbons (Fsp3) is 0. The maximum absolute atomic E-state index is 11.9. The molecule has 3 heterocycles. The van der Waals surface area contributed by atoms with Crippen LogP contribution >= 0.6 is 0 Å². The summed E-state index contributed by atoms with van der Waals surface area (Å²) < 4.78 is 1.34. The Morgan fingerprint density at radius 1 is 0.931 bits per heavy atom. The summed E-state index contributed by atoms with van der Waals surface area (Å²) in [5.74, 6) is 0.0792. The number of nitrogens with zero attached hydrogens (tertiary/aromatic N) is 7. The molecule has 2 aromatic carbocycles. The Morgan fingerprint density at radius 2 is 1.79 bits per heavy atom. The number of aromatic nitrogens is 6. The van der Waals surface area contributed by atoms with Crippen LogP contribution in [0.4, 0.5) is 17.2 Å². The molecule has 29 heavy (non-hydrogen) atoms. The first-order valence-corrected chi connectivity index (χ1v) is 8.63. The average Bonchev–Trinajstić information content (AvgIpc) is 3.18. The number of fused-ring (bicyclic) bond motifs is 2. The molecule has 3 aromatic heterocycles. The smallest absolute Gasteiger partial charge is 0.334 e. The third-order valence-electron chi connectivity index (χ3n) is 4.44. The van der Waals surface area contributed by atoms with Crippen LogP contribution in [0.1, 0.15) is 0 Å². The lowest BCUT2D eigenvalue weighted by molar-refractivity contribution is -0.384. The summed E-state index contributed by atoms with van der Waals surface area (Å²) in [4.78, 5) is 23.9. The van der Waals surface area contributed by atoms with Gasteiger partial charge in [0.2, 0.25) is 11.6 Å². The lowest BCUT2D eigenvalue weighted by atomic mass is 10.2. The molecule has 0 unspecified atom stereocenters. The summed E-state index contributed by atoms with van der Waals surface area (Å²) in [5, 5.41) is 23.9. The van der Waals surface area contributed by atoms with Crippen LogP contribution in [0.2, 0.25) is 0 Å². The maximum atomic E-state index is 11.9. The van der Waals surface area contributed by atoms with Crippen molar-refractivity contribution in [3.05, 3.63) is 77.2 Å². The highest BCUT2D eigenvalue weighted by molar-refractivity contribution is 5.93. The van der Waals surface area contributed by atoms with E-state index < -0.39 is 4.92 Å². The molecule has 0 radical (unpaired) electrons. The molecule has 0 aliphatic heterocycles. The zero-order valence-electron chi connectivity index (χ0n) is 14.8. The van der Waals surface area contributed by atoms with E-state index >= 15 is 0 Å². The highest BCUT2D eigenvalue weighted by Gasteiger charge is 2.26. The summed E-state index contributed by atoms with van der Waals surface area (Å²) in [6.45, 7) is 0. The van der Waals surface area contributed by atoms with Crippen molar-refractivity contribution in [2.45, 2.75) is 0 Å². The molecule has 0 aliphatic rings. The van der Waals surface area contributed by atoms with Crippen molar-refractivity contribution < 1.29 is 4.92 Å². The van der Waals surface area contributed by atoms with E-state index in [2.05, 4.69) is 30.6 Å². The van der Waals surface area contributed by atoms with Gasteiger partial charge in [-0.1, -0.05) is 23.4 Å². The van der Waals surface area contributed by atoms with Gasteiger partial charge in [-0.2, -0.15) is 4.68 Å². The van der Waals surface area contributed by atoms with Crippen LogP contribution in [-0.4, -0.2) is 34.9 Å². The number of para-hydroxylation sites is 1. The second kappa shape index (κ2) is 6.60. The van der Waals surface area contributed by atoms with E-state index in [1.165, 1.54) is 11.0 Å². The Bertz CT molecular complexity index is 1380. The van der Waals surface area contributed by atoms with Gasteiger partial charge in [0.1, 0.15) is 11.8 Å². The molecule has 0 saturated carbocycles. The molecular formula is C19H12N8O2. The summed E-state index contributed by atoms with van der Waals surface area (Å²) >= 11 is 0. The highest BCUT2D eigenvalue weighted by atomic mass is 16.6. The van der Waals surface area contributed by atoms with Crippen LogP contribution in [0.25, 0.3) is 27.8 Å². The Morgan fingerprint density at radius 3 is 2.69 bits per heavy atom. The van der Waals surface area contributed by atoms with Crippen molar-refractivity contribution >= 4 is 39.1 Å². The highest BCUT2D eigenvalue weighted by Crippen LogP contribution is 2.33. The number of benzene rings is 2. The quantitative estimate of drug-likeness (QED) is 0.369. The summed E-state index contributed by atoms with van der Waals surface area (Å²) in [7, 11) is 0.